The molecule has 0 unspecified atom stereocenters. The van der Waals surface area contributed by atoms with Gasteiger partial charge in [-0.15, -0.1) is 0 Å². The maximum absolute atomic E-state index is 13.7. The normalized spacial score (nSPS) is 12.8. The smallest absolute Gasteiger partial charge is 0.256 e. The van der Waals surface area contributed by atoms with Gasteiger partial charge in [0.05, 0.1) is 12.1 Å². The van der Waals surface area contributed by atoms with Gasteiger partial charge in [0.1, 0.15) is 11.6 Å². The third kappa shape index (κ3) is 3.51. The topological polar surface area (TPSA) is 86.9 Å². The fourth-order valence-electron chi connectivity index (χ4n) is 3.51. The van der Waals surface area contributed by atoms with Gasteiger partial charge in [0.25, 0.3) is 5.56 Å². The molecule has 0 saturated heterocycles. The molecule has 0 spiro atoms. The summed E-state index contributed by atoms with van der Waals surface area (Å²) in [4.78, 5) is 31.7. The number of aromatic nitrogens is 2. The van der Waals surface area contributed by atoms with E-state index in [1.54, 1.807) is 37.4 Å². The Labute approximate surface area is 167 Å². The van der Waals surface area contributed by atoms with Crippen LogP contribution in [0.1, 0.15) is 36.6 Å². The van der Waals surface area contributed by atoms with Crippen molar-refractivity contribution in [2.45, 2.75) is 33.1 Å². The Kier molecular flexibility index (Phi) is 4.66. The number of carbonyl (C=O) groups excluding carboxylic acids is 1. The van der Waals surface area contributed by atoms with Gasteiger partial charge in [-0.1, -0.05) is 19.9 Å². The van der Waals surface area contributed by atoms with E-state index < -0.39 is 0 Å². The second kappa shape index (κ2) is 7.16. The summed E-state index contributed by atoms with van der Waals surface area (Å²) < 4.78 is 13.7. The SMILES string of the molecule is Cc1cc(-c2cc(Nc3ccnc4c3CC(=O)N4)c(C(C)C)[nH]c2=O)ccc1F. The van der Waals surface area contributed by atoms with Crippen LogP contribution in [0.2, 0.25) is 0 Å². The quantitative estimate of drug-likeness (QED) is 0.620. The number of amides is 1. The van der Waals surface area contributed by atoms with E-state index in [1.807, 2.05) is 13.8 Å². The highest BCUT2D eigenvalue weighted by Gasteiger charge is 2.23. The van der Waals surface area contributed by atoms with Crippen LogP contribution in [-0.4, -0.2) is 15.9 Å². The summed E-state index contributed by atoms with van der Waals surface area (Å²) in [6, 6.07) is 8.19. The first kappa shape index (κ1) is 18.9. The lowest BCUT2D eigenvalue weighted by molar-refractivity contribution is -0.115. The van der Waals surface area contributed by atoms with E-state index in [9.17, 15) is 14.0 Å². The van der Waals surface area contributed by atoms with Crippen molar-refractivity contribution in [1.82, 2.24) is 9.97 Å². The van der Waals surface area contributed by atoms with E-state index in [0.717, 1.165) is 22.6 Å². The molecular formula is C22H21FN4O2. The molecule has 0 radical (unpaired) electrons. The molecule has 0 atom stereocenters. The van der Waals surface area contributed by atoms with Crippen LogP contribution < -0.4 is 16.2 Å². The van der Waals surface area contributed by atoms with Crippen molar-refractivity contribution in [3.63, 3.8) is 0 Å². The molecule has 3 N–H and O–H groups in total. The Morgan fingerprint density at radius 3 is 2.66 bits per heavy atom. The van der Waals surface area contributed by atoms with Crippen LogP contribution in [0, 0.1) is 12.7 Å². The molecule has 1 amide bonds. The number of anilines is 3. The number of H-pyrrole nitrogens is 1. The maximum atomic E-state index is 13.7. The van der Waals surface area contributed by atoms with Crippen molar-refractivity contribution >= 4 is 23.1 Å². The molecule has 7 heteroatoms. The zero-order chi connectivity index (χ0) is 20.7. The number of nitrogens with one attached hydrogen (secondary N) is 3. The third-order valence-electron chi connectivity index (χ3n) is 5.04. The lowest BCUT2D eigenvalue weighted by Crippen LogP contribution is -2.15. The fourth-order valence-corrected chi connectivity index (χ4v) is 3.51. The summed E-state index contributed by atoms with van der Waals surface area (Å²) in [5, 5.41) is 6.10. The highest BCUT2D eigenvalue weighted by atomic mass is 19.1. The van der Waals surface area contributed by atoms with Gasteiger partial charge >= 0.3 is 0 Å². The largest absolute Gasteiger partial charge is 0.354 e. The molecule has 4 rings (SSSR count). The molecule has 0 fully saturated rings. The van der Waals surface area contributed by atoms with Crippen LogP contribution in [-0.2, 0) is 11.2 Å². The molecule has 3 aromatic rings. The zero-order valence-electron chi connectivity index (χ0n) is 16.4. The van der Waals surface area contributed by atoms with Crippen LogP contribution in [0.15, 0.2) is 41.3 Å². The molecule has 1 aromatic carbocycles. The number of carbonyl (C=O) groups is 1. The Hall–Kier alpha value is -3.48. The minimum Gasteiger partial charge on any atom is -0.354 e. The van der Waals surface area contributed by atoms with Gasteiger partial charge in [0.15, 0.2) is 0 Å². The third-order valence-corrected chi connectivity index (χ3v) is 5.04. The van der Waals surface area contributed by atoms with Gasteiger partial charge in [0.2, 0.25) is 5.91 Å². The summed E-state index contributed by atoms with van der Waals surface area (Å²) in [7, 11) is 0. The van der Waals surface area contributed by atoms with E-state index in [-0.39, 0.29) is 29.6 Å². The minimum absolute atomic E-state index is 0.0591. The number of nitrogens with zero attached hydrogens (tertiary/aromatic N) is 1. The molecule has 29 heavy (non-hydrogen) atoms. The van der Waals surface area contributed by atoms with E-state index in [1.165, 1.54) is 6.07 Å². The highest BCUT2D eigenvalue weighted by molar-refractivity contribution is 6.00. The molecular weight excluding hydrogens is 371 g/mol. The zero-order valence-corrected chi connectivity index (χ0v) is 16.4. The van der Waals surface area contributed by atoms with Crippen molar-refractivity contribution in [2.75, 3.05) is 10.6 Å². The number of fused-ring (bicyclic) bond motifs is 1. The second-order valence-electron chi connectivity index (χ2n) is 7.49. The Morgan fingerprint density at radius 1 is 1.14 bits per heavy atom. The van der Waals surface area contributed by atoms with Crippen LogP contribution in [0.4, 0.5) is 21.6 Å². The summed E-state index contributed by atoms with van der Waals surface area (Å²) >= 11 is 0. The first-order chi connectivity index (χ1) is 13.8. The summed E-state index contributed by atoms with van der Waals surface area (Å²) in [6.45, 7) is 5.64. The minimum atomic E-state index is -0.313. The molecule has 2 aromatic heterocycles. The number of hydrogen-bond donors (Lipinski definition) is 3. The van der Waals surface area contributed by atoms with Gasteiger partial charge in [-0.2, -0.15) is 0 Å². The Balaban J connectivity index is 1.83. The second-order valence-corrected chi connectivity index (χ2v) is 7.49. The van der Waals surface area contributed by atoms with Crippen molar-refractivity contribution < 1.29 is 9.18 Å². The predicted octanol–water partition coefficient (Wildman–Crippen LogP) is 4.25. The molecule has 3 heterocycles. The molecule has 0 saturated carbocycles. The van der Waals surface area contributed by atoms with Gasteiger partial charge in [-0.05, 0) is 48.2 Å². The lowest BCUT2D eigenvalue weighted by Gasteiger charge is -2.17. The van der Waals surface area contributed by atoms with Gasteiger partial charge in [0, 0.05) is 28.7 Å². The average Bonchev–Trinajstić information content (AvgIpc) is 3.06. The van der Waals surface area contributed by atoms with Crippen molar-refractivity contribution in [2.24, 2.45) is 0 Å². The predicted molar refractivity (Wildman–Crippen MR) is 111 cm³/mol. The van der Waals surface area contributed by atoms with E-state index in [2.05, 4.69) is 20.6 Å². The monoisotopic (exact) mass is 392 g/mol. The molecule has 148 valence electrons. The van der Waals surface area contributed by atoms with Crippen molar-refractivity contribution in [1.29, 1.82) is 0 Å². The summed E-state index contributed by atoms with van der Waals surface area (Å²) in [5.41, 5.74) is 4.34. The van der Waals surface area contributed by atoms with Gasteiger partial charge in [-0.25, -0.2) is 9.37 Å². The number of benzene rings is 1. The number of rotatable bonds is 4. The maximum Gasteiger partial charge on any atom is 0.256 e. The number of pyridine rings is 2. The molecule has 1 aliphatic heterocycles. The fraction of sp³-hybridized carbons (Fsp3) is 0.227. The van der Waals surface area contributed by atoms with E-state index in [4.69, 9.17) is 0 Å². The van der Waals surface area contributed by atoms with Crippen molar-refractivity contribution in [3.8, 4) is 11.1 Å². The van der Waals surface area contributed by atoms with Crippen LogP contribution in [0.3, 0.4) is 0 Å². The molecule has 6 nitrogen and oxygen atoms in total. The van der Waals surface area contributed by atoms with E-state index in [0.29, 0.717) is 22.5 Å². The number of halogens is 1. The first-order valence-electron chi connectivity index (χ1n) is 9.42. The van der Waals surface area contributed by atoms with Crippen molar-refractivity contribution in [3.05, 3.63) is 69.5 Å². The van der Waals surface area contributed by atoms with Crippen LogP contribution in [0.25, 0.3) is 11.1 Å². The lowest BCUT2D eigenvalue weighted by atomic mass is 10.0. The average molecular weight is 392 g/mol. The molecule has 1 aliphatic rings. The number of hydrogen-bond acceptors (Lipinski definition) is 4. The standard InChI is InChI=1S/C22H21FN4O2/c1-11(2)20-18(25-17-6-7-24-21-15(17)10-19(28)26-21)9-14(22(29)27-20)13-4-5-16(23)12(3)8-13/h4-9,11H,10H2,1-3H3,(H,27,29)(H2,24,25,26,28). The summed E-state index contributed by atoms with van der Waals surface area (Å²) in [6.07, 6.45) is 1.87. The van der Waals surface area contributed by atoms with Gasteiger partial charge in [-0.3, -0.25) is 9.59 Å². The number of aromatic amines is 1. The highest BCUT2D eigenvalue weighted by Crippen LogP contribution is 2.33. The Morgan fingerprint density at radius 2 is 1.93 bits per heavy atom. The Bertz CT molecular complexity index is 1180. The molecule has 0 bridgehead atoms. The van der Waals surface area contributed by atoms with E-state index >= 15 is 0 Å². The van der Waals surface area contributed by atoms with Crippen LogP contribution >= 0.6 is 0 Å². The first-order valence-corrected chi connectivity index (χ1v) is 9.42. The van der Waals surface area contributed by atoms with Crippen LogP contribution in [0.5, 0.6) is 0 Å². The number of aryl methyl sites for hydroxylation is 1. The molecule has 0 aliphatic carbocycles. The van der Waals surface area contributed by atoms with Gasteiger partial charge < -0.3 is 15.6 Å². The summed E-state index contributed by atoms with van der Waals surface area (Å²) in [5.74, 6) is 0.190.